The zero-order valence-electron chi connectivity index (χ0n) is 10.0. The van der Waals surface area contributed by atoms with Crippen molar-refractivity contribution in [1.29, 1.82) is 0 Å². The van der Waals surface area contributed by atoms with E-state index >= 15 is 0 Å². The first kappa shape index (κ1) is 11.9. The van der Waals surface area contributed by atoms with Gasteiger partial charge in [0, 0.05) is 24.9 Å². The summed E-state index contributed by atoms with van der Waals surface area (Å²) in [7, 11) is 0. The lowest BCUT2D eigenvalue weighted by molar-refractivity contribution is -0.151. The molecule has 1 amide bonds. The van der Waals surface area contributed by atoms with E-state index in [0.29, 0.717) is 13.0 Å². The monoisotopic (exact) mass is 227 g/mol. The molecule has 4 nitrogen and oxygen atoms in total. The van der Waals surface area contributed by atoms with Crippen molar-refractivity contribution in [3.63, 3.8) is 0 Å². The molecule has 0 bridgehead atoms. The fraction of sp³-hybridized carbons (Fsp3) is 0.917. The summed E-state index contributed by atoms with van der Waals surface area (Å²) in [6, 6.07) is 0. The lowest BCUT2D eigenvalue weighted by Gasteiger charge is -2.40. The van der Waals surface area contributed by atoms with E-state index in [1.165, 1.54) is 0 Å². The highest BCUT2D eigenvalue weighted by molar-refractivity contribution is 5.77. The van der Waals surface area contributed by atoms with E-state index in [9.17, 15) is 4.79 Å². The summed E-state index contributed by atoms with van der Waals surface area (Å²) in [4.78, 5) is 13.2. The van der Waals surface area contributed by atoms with Gasteiger partial charge in [0.1, 0.15) is 0 Å². The number of rotatable bonds is 6. The first-order chi connectivity index (χ1) is 7.76. The molecule has 0 N–H and O–H groups in total. The van der Waals surface area contributed by atoms with Crippen LogP contribution in [-0.4, -0.2) is 50.3 Å². The molecule has 0 unspecified atom stereocenters. The van der Waals surface area contributed by atoms with E-state index in [0.717, 1.165) is 45.8 Å². The third-order valence-corrected chi connectivity index (χ3v) is 3.65. The molecule has 2 aliphatic heterocycles. The summed E-state index contributed by atoms with van der Waals surface area (Å²) in [5.41, 5.74) is 0.259. The molecule has 0 aromatic heterocycles. The van der Waals surface area contributed by atoms with Gasteiger partial charge in [-0.3, -0.25) is 4.79 Å². The molecular formula is C12H21NO3. The summed E-state index contributed by atoms with van der Waals surface area (Å²) < 4.78 is 10.9. The van der Waals surface area contributed by atoms with Crippen molar-refractivity contribution < 1.29 is 14.3 Å². The third-order valence-electron chi connectivity index (χ3n) is 3.65. The predicted molar refractivity (Wildman–Crippen MR) is 60.2 cm³/mol. The molecule has 2 saturated heterocycles. The van der Waals surface area contributed by atoms with Gasteiger partial charge in [-0.2, -0.15) is 0 Å². The lowest BCUT2D eigenvalue weighted by Crippen LogP contribution is -2.46. The third kappa shape index (κ3) is 2.55. The Balaban J connectivity index is 1.59. The normalized spacial score (nSPS) is 23.6. The lowest BCUT2D eigenvalue weighted by atomic mass is 9.84. The number of carbonyl (C=O) groups is 1. The number of amides is 1. The van der Waals surface area contributed by atoms with Gasteiger partial charge in [0.2, 0.25) is 5.91 Å². The molecule has 2 fully saturated rings. The summed E-state index contributed by atoms with van der Waals surface area (Å²) >= 11 is 0. The molecule has 92 valence electrons. The van der Waals surface area contributed by atoms with Gasteiger partial charge in [-0.05, 0) is 12.8 Å². The molecule has 0 atom stereocenters. The maximum atomic E-state index is 11.3. The molecule has 4 heteroatoms. The number of hydrogen-bond acceptors (Lipinski definition) is 3. The summed E-state index contributed by atoms with van der Waals surface area (Å²) in [5, 5.41) is 0. The van der Waals surface area contributed by atoms with Crippen LogP contribution in [0.3, 0.4) is 0 Å². The van der Waals surface area contributed by atoms with Gasteiger partial charge in [0.05, 0.1) is 26.4 Å². The molecule has 0 radical (unpaired) electrons. The summed E-state index contributed by atoms with van der Waals surface area (Å²) in [6.45, 7) is 6.91. The quantitative estimate of drug-likeness (QED) is 0.637. The van der Waals surface area contributed by atoms with Crippen molar-refractivity contribution in [3.05, 3.63) is 0 Å². The molecule has 0 spiro atoms. The van der Waals surface area contributed by atoms with Crippen LogP contribution < -0.4 is 0 Å². The molecule has 2 heterocycles. The van der Waals surface area contributed by atoms with Crippen LogP contribution in [0.4, 0.5) is 0 Å². The van der Waals surface area contributed by atoms with Crippen molar-refractivity contribution >= 4 is 5.91 Å². The van der Waals surface area contributed by atoms with E-state index in [4.69, 9.17) is 9.47 Å². The Labute approximate surface area is 96.9 Å². The largest absolute Gasteiger partial charge is 0.380 e. The highest BCUT2D eigenvalue weighted by atomic mass is 16.5. The number of hydrogen-bond donors (Lipinski definition) is 0. The van der Waals surface area contributed by atoms with Crippen molar-refractivity contribution in [3.8, 4) is 0 Å². The van der Waals surface area contributed by atoms with Gasteiger partial charge in [-0.1, -0.05) is 6.92 Å². The van der Waals surface area contributed by atoms with Gasteiger partial charge >= 0.3 is 0 Å². The maximum Gasteiger partial charge on any atom is 0.222 e. The number of ether oxygens (including phenoxy) is 2. The topological polar surface area (TPSA) is 38.8 Å². The molecular weight excluding hydrogens is 206 g/mol. The number of carbonyl (C=O) groups excluding carboxylic acids is 1. The van der Waals surface area contributed by atoms with Crippen LogP contribution >= 0.6 is 0 Å². The van der Waals surface area contributed by atoms with Crippen LogP contribution in [0.15, 0.2) is 0 Å². The van der Waals surface area contributed by atoms with Crippen LogP contribution in [0.2, 0.25) is 0 Å². The average Bonchev–Trinajstić information content (AvgIpc) is 2.62. The van der Waals surface area contributed by atoms with E-state index in [1.54, 1.807) is 0 Å². The molecule has 0 saturated carbocycles. The van der Waals surface area contributed by atoms with E-state index < -0.39 is 0 Å². The Kier molecular flexibility index (Phi) is 3.82. The Morgan fingerprint density at radius 3 is 2.81 bits per heavy atom. The second-order valence-corrected chi connectivity index (χ2v) is 4.88. The second kappa shape index (κ2) is 5.15. The fourth-order valence-corrected chi connectivity index (χ4v) is 2.18. The number of nitrogens with zero attached hydrogens (tertiary/aromatic N) is 1. The predicted octanol–water partition coefficient (Wildman–Crippen LogP) is 1.05. The standard InChI is InChI=1S/C12H21NO3/c1-2-12(9-16-10-12)8-15-7-6-13-5-3-4-11(13)14/h2-10H2,1H3. The van der Waals surface area contributed by atoms with Crippen LogP contribution in [0, 0.1) is 5.41 Å². The van der Waals surface area contributed by atoms with E-state index in [1.807, 2.05) is 4.90 Å². The molecule has 0 aromatic rings. The highest BCUT2D eigenvalue weighted by Gasteiger charge is 2.36. The maximum absolute atomic E-state index is 11.3. The van der Waals surface area contributed by atoms with Crippen molar-refractivity contribution in [1.82, 2.24) is 4.90 Å². The molecule has 0 aliphatic carbocycles. The molecule has 2 aliphatic rings. The van der Waals surface area contributed by atoms with Gasteiger partial charge < -0.3 is 14.4 Å². The fourth-order valence-electron chi connectivity index (χ4n) is 2.18. The van der Waals surface area contributed by atoms with Crippen molar-refractivity contribution in [2.45, 2.75) is 26.2 Å². The average molecular weight is 227 g/mol. The van der Waals surface area contributed by atoms with E-state index in [2.05, 4.69) is 6.92 Å². The number of likely N-dealkylation sites (tertiary alicyclic amines) is 1. The zero-order valence-corrected chi connectivity index (χ0v) is 10.0. The smallest absolute Gasteiger partial charge is 0.222 e. The minimum atomic E-state index is 0.259. The van der Waals surface area contributed by atoms with E-state index in [-0.39, 0.29) is 11.3 Å². The second-order valence-electron chi connectivity index (χ2n) is 4.88. The molecule has 2 rings (SSSR count). The summed E-state index contributed by atoms with van der Waals surface area (Å²) in [6.07, 6.45) is 2.83. The van der Waals surface area contributed by atoms with Gasteiger partial charge in [0.15, 0.2) is 0 Å². The summed E-state index contributed by atoms with van der Waals surface area (Å²) in [5.74, 6) is 0.279. The SMILES string of the molecule is CCC1(COCCN2CCCC2=O)COC1. The molecule has 0 aromatic carbocycles. The zero-order chi connectivity index (χ0) is 11.4. The highest BCUT2D eigenvalue weighted by Crippen LogP contribution is 2.31. The van der Waals surface area contributed by atoms with Crippen LogP contribution in [0.5, 0.6) is 0 Å². The Morgan fingerprint density at radius 2 is 2.31 bits per heavy atom. The van der Waals surface area contributed by atoms with Crippen LogP contribution in [-0.2, 0) is 14.3 Å². The van der Waals surface area contributed by atoms with Crippen molar-refractivity contribution in [2.75, 3.05) is 39.5 Å². The minimum Gasteiger partial charge on any atom is -0.380 e. The Bertz CT molecular complexity index is 245. The van der Waals surface area contributed by atoms with Crippen LogP contribution in [0.1, 0.15) is 26.2 Å². The van der Waals surface area contributed by atoms with Gasteiger partial charge in [-0.15, -0.1) is 0 Å². The van der Waals surface area contributed by atoms with Gasteiger partial charge in [0.25, 0.3) is 0 Å². The first-order valence-corrected chi connectivity index (χ1v) is 6.19. The van der Waals surface area contributed by atoms with Crippen LogP contribution in [0.25, 0.3) is 0 Å². The molecule has 16 heavy (non-hydrogen) atoms. The first-order valence-electron chi connectivity index (χ1n) is 6.19. The van der Waals surface area contributed by atoms with Crippen molar-refractivity contribution in [2.24, 2.45) is 5.41 Å². The van der Waals surface area contributed by atoms with Gasteiger partial charge in [-0.25, -0.2) is 0 Å². The Morgan fingerprint density at radius 1 is 1.50 bits per heavy atom. The Hall–Kier alpha value is -0.610. The minimum absolute atomic E-state index is 0.259.